The number of amides is 2. The number of nitrogens with one attached hydrogen (secondary N) is 1. The molecular weight excluding hydrogens is 308 g/mol. The summed E-state index contributed by atoms with van der Waals surface area (Å²) in [6.45, 7) is 1.92. The monoisotopic (exact) mass is 324 g/mol. The van der Waals surface area contributed by atoms with E-state index in [0.29, 0.717) is 5.69 Å². The normalized spacial score (nSPS) is 17.2. The average molecular weight is 324 g/mol. The smallest absolute Gasteiger partial charge is 0.335 e. The second-order valence-electron chi connectivity index (χ2n) is 5.64. The fourth-order valence-electron chi connectivity index (χ4n) is 2.69. The van der Waals surface area contributed by atoms with E-state index in [0.717, 1.165) is 16.2 Å². The molecule has 0 radical (unpaired) electrons. The molecule has 1 atom stereocenters. The molecule has 0 spiro atoms. The van der Waals surface area contributed by atoms with Crippen LogP contribution < -0.4 is 10.2 Å². The van der Waals surface area contributed by atoms with E-state index >= 15 is 0 Å². The van der Waals surface area contributed by atoms with Crippen LogP contribution in [0.4, 0.5) is 11.4 Å². The van der Waals surface area contributed by atoms with Gasteiger partial charge in [-0.05, 0) is 42.8 Å². The minimum absolute atomic E-state index is 0.0633. The van der Waals surface area contributed by atoms with E-state index in [1.165, 1.54) is 24.3 Å². The average Bonchev–Trinajstić information content (AvgIpc) is 2.84. The van der Waals surface area contributed by atoms with Crippen LogP contribution >= 0.6 is 0 Å². The highest BCUT2D eigenvalue weighted by molar-refractivity contribution is 6.23. The Hall–Kier alpha value is -3.15. The van der Waals surface area contributed by atoms with E-state index in [9.17, 15) is 14.4 Å². The first-order chi connectivity index (χ1) is 11.5. The van der Waals surface area contributed by atoms with Crippen molar-refractivity contribution in [3.63, 3.8) is 0 Å². The maximum absolute atomic E-state index is 12.6. The molecule has 2 aromatic rings. The summed E-state index contributed by atoms with van der Waals surface area (Å²) in [7, 11) is 0. The standard InChI is InChI=1S/C18H16N2O4/c1-11-4-2-3-5-14(11)19-15-10-16(21)20(17(15)22)13-8-6-12(7-9-13)18(23)24/h2-9,15,19H,10H2,1H3,(H,23,24)/t15-/m1/s1. The van der Waals surface area contributed by atoms with Gasteiger partial charge in [0.15, 0.2) is 0 Å². The Labute approximate surface area is 138 Å². The quantitative estimate of drug-likeness (QED) is 0.844. The van der Waals surface area contributed by atoms with Crippen molar-refractivity contribution >= 4 is 29.2 Å². The highest BCUT2D eigenvalue weighted by Gasteiger charge is 2.39. The van der Waals surface area contributed by atoms with Gasteiger partial charge in [-0.1, -0.05) is 18.2 Å². The summed E-state index contributed by atoms with van der Waals surface area (Å²) in [5.74, 6) is -1.71. The first-order valence-corrected chi connectivity index (χ1v) is 7.49. The molecule has 24 heavy (non-hydrogen) atoms. The molecule has 1 fully saturated rings. The van der Waals surface area contributed by atoms with Crippen molar-refractivity contribution in [3.05, 3.63) is 59.7 Å². The number of aromatic carboxylic acids is 1. The predicted molar refractivity (Wildman–Crippen MR) is 89.1 cm³/mol. The minimum Gasteiger partial charge on any atom is -0.478 e. The van der Waals surface area contributed by atoms with Gasteiger partial charge >= 0.3 is 5.97 Å². The highest BCUT2D eigenvalue weighted by Crippen LogP contribution is 2.26. The van der Waals surface area contributed by atoms with Crippen LogP contribution in [0.1, 0.15) is 22.3 Å². The number of nitrogens with zero attached hydrogens (tertiary/aromatic N) is 1. The van der Waals surface area contributed by atoms with E-state index in [4.69, 9.17) is 5.11 Å². The van der Waals surface area contributed by atoms with E-state index in [1.807, 2.05) is 31.2 Å². The number of hydrogen-bond acceptors (Lipinski definition) is 4. The molecule has 2 aromatic carbocycles. The third kappa shape index (κ3) is 2.86. The van der Waals surface area contributed by atoms with Crippen LogP contribution in [0.3, 0.4) is 0 Å². The Bertz CT molecular complexity index is 814. The van der Waals surface area contributed by atoms with Crippen LogP contribution in [0, 0.1) is 6.92 Å². The second kappa shape index (κ2) is 6.16. The van der Waals surface area contributed by atoms with Crippen molar-refractivity contribution in [2.45, 2.75) is 19.4 Å². The molecule has 2 N–H and O–H groups in total. The molecule has 3 rings (SSSR count). The SMILES string of the molecule is Cc1ccccc1N[C@@H]1CC(=O)N(c2ccc(C(=O)O)cc2)C1=O. The molecule has 1 saturated heterocycles. The van der Waals surface area contributed by atoms with Gasteiger partial charge in [0.05, 0.1) is 17.7 Å². The van der Waals surface area contributed by atoms with E-state index in [2.05, 4.69) is 5.32 Å². The zero-order valence-electron chi connectivity index (χ0n) is 13.0. The number of carbonyl (C=O) groups is 3. The minimum atomic E-state index is -1.06. The summed E-state index contributed by atoms with van der Waals surface area (Å²) < 4.78 is 0. The number of aryl methyl sites for hydroxylation is 1. The third-order valence-electron chi connectivity index (χ3n) is 3.99. The molecule has 1 aliphatic heterocycles. The van der Waals surface area contributed by atoms with Crippen LogP contribution in [0.25, 0.3) is 0 Å². The summed E-state index contributed by atoms with van der Waals surface area (Å²) in [5, 5.41) is 12.0. The Morgan fingerprint density at radius 3 is 2.42 bits per heavy atom. The van der Waals surface area contributed by atoms with Gasteiger partial charge in [-0.2, -0.15) is 0 Å². The van der Waals surface area contributed by atoms with Crippen LogP contribution in [0.15, 0.2) is 48.5 Å². The van der Waals surface area contributed by atoms with Gasteiger partial charge in [-0.3, -0.25) is 9.59 Å². The van der Waals surface area contributed by atoms with Gasteiger partial charge in [0.1, 0.15) is 6.04 Å². The third-order valence-corrected chi connectivity index (χ3v) is 3.99. The van der Waals surface area contributed by atoms with Crippen molar-refractivity contribution in [2.24, 2.45) is 0 Å². The largest absolute Gasteiger partial charge is 0.478 e. The van der Waals surface area contributed by atoms with Crippen LogP contribution in [-0.4, -0.2) is 28.9 Å². The molecule has 2 amide bonds. The van der Waals surface area contributed by atoms with Gasteiger partial charge in [0, 0.05) is 5.69 Å². The molecule has 1 aliphatic rings. The van der Waals surface area contributed by atoms with Crippen molar-refractivity contribution in [3.8, 4) is 0 Å². The molecule has 1 heterocycles. The van der Waals surface area contributed by atoms with Crippen LogP contribution in [-0.2, 0) is 9.59 Å². The van der Waals surface area contributed by atoms with E-state index in [1.54, 1.807) is 0 Å². The number of benzene rings is 2. The molecule has 0 saturated carbocycles. The summed E-state index contributed by atoms with van der Waals surface area (Å²) in [4.78, 5) is 36.8. The number of rotatable bonds is 4. The van der Waals surface area contributed by atoms with Gasteiger partial charge in [-0.25, -0.2) is 9.69 Å². The number of carboxylic acid groups (broad SMARTS) is 1. The Morgan fingerprint density at radius 1 is 1.12 bits per heavy atom. The van der Waals surface area contributed by atoms with E-state index in [-0.39, 0.29) is 23.8 Å². The lowest BCUT2D eigenvalue weighted by atomic mass is 10.1. The summed E-state index contributed by atoms with van der Waals surface area (Å²) in [6, 6.07) is 12.6. The van der Waals surface area contributed by atoms with Crippen molar-refractivity contribution in [2.75, 3.05) is 10.2 Å². The van der Waals surface area contributed by atoms with Gasteiger partial charge < -0.3 is 10.4 Å². The fourth-order valence-corrected chi connectivity index (χ4v) is 2.69. The number of carboxylic acids is 1. The first-order valence-electron chi connectivity index (χ1n) is 7.49. The maximum Gasteiger partial charge on any atom is 0.335 e. The van der Waals surface area contributed by atoms with E-state index < -0.39 is 12.0 Å². The van der Waals surface area contributed by atoms with Crippen molar-refractivity contribution < 1.29 is 19.5 Å². The van der Waals surface area contributed by atoms with Gasteiger partial charge in [0.25, 0.3) is 5.91 Å². The maximum atomic E-state index is 12.6. The Balaban J connectivity index is 1.81. The van der Waals surface area contributed by atoms with Crippen LogP contribution in [0.5, 0.6) is 0 Å². The predicted octanol–water partition coefficient (Wildman–Crippen LogP) is 2.44. The topological polar surface area (TPSA) is 86.7 Å². The molecule has 122 valence electrons. The molecule has 0 aromatic heterocycles. The summed E-state index contributed by atoms with van der Waals surface area (Å²) in [6.07, 6.45) is 0.0633. The summed E-state index contributed by atoms with van der Waals surface area (Å²) in [5.41, 5.74) is 2.28. The van der Waals surface area contributed by atoms with Gasteiger partial charge in [-0.15, -0.1) is 0 Å². The molecule has 6 heteroatoms. The zero-order chi connectivity index (χ0) is 17.3. The highest BCUT2D eigenvalue weighted by atomic mass is 16.4. The lowest BCUT2D eigenvalue weighted by molar-refractivity contribution is -0.121. The number of imide groups is 1. The first kappa shape index (κ1) is 15.7. The lowest BCUT2D eigenvalue weighted by Gasteiger charge is -2.17. The van der Waals surface area contributed by atoms with Gasteiger partial charge in [0.2, 0.25) is 5.91 Å². The number of para-hydroxylation sites is 1. The van der Waals surface area contributed by atoms with Crippen LogP contribution in [0.2, 0.25) is 0 Å². The number of carbonyl (C=O) groups excluding carboxylic acids is 2. The molecule has 0 bridgehead atoms. The Kier molecular flexibility index (Phi) is 4.04. The number of anilines is 2. The lowest BCUT2D eigenvalue weighted by Crippen LogP contribution is -2.34. The molecule has 0 aliphatic carbocycles. The second-order valence-corrected chi connectivity index (χ2v) is 5.64. The Morgan fingerprint density at radius 2 is 1.79 bits per heavy atom. The molecule has 6 nitrogen and oxygen atoms in total. The molecular formula is C18H16N2O4. The number of hydrogen-bond donors (Lipinski definition) is 2. The molecule has 0 unspecified atom stereocenters. The zero-order valence-corrected chi connectivity index (χ0v) is 13.0. The fraction of sp³-hybridized carbons (Fsp3) is 0.167. The van der Waals surface area contributed by atoms with Crippen molar-refractivity contribution in [1.29, 1.82) is 0 Å². The van der Waals surface area contributed by atoms with Crippen molar-refractivity contribution in [1.82, 2.24) is 0 Å². The summed E-state index contributed by atoms with van der Waals surface area (Å²) >= 11 is 0.